The molecule has 0 bridgehead atoms. The van der Waals surface area contributed by atoms with E-state index in [0.717, 1.165) is 18.1 Å². The van der Waals surface area contributed by atoms with Gasteiger partial charge in [0, 0.05) is 18.1 Å². The molecule has 9 heteroatoms. The van der Waals surface area contributed by atoms with Gasteiger partial charge in [0.1, 0.15) is 6.61 Å². The molecule has 0 saturated heterocycles. The van der Waals surface area contributed by atoms with Crippen molar-refractivity contribution >= 4 is 88.3 Å². The van der Waals surface area contributed by atoms with E-state index >= 15 is 0 Å². The lowest BCUT2D eigenvalue weighted by atomic mass is 10.1. The summed E-state index contributed by atoms with van der Waals surface area (Å²) in [4.78, 5) is 16.8. The third kappa shape index (κ3) is 5.87. The van der Waals surface area contributed by atoms with Crippen LogP contribution in [-0.2, 0) is 16.1 Å². The summed E-state index contributed by atoms with van der Waals surface area (Å²) in [7, 11) is 1.57. The number of hydrogen-bond donors (Lipinski definition) is 0. The standard InChI is InChI=1S/C24H15Br3INO4/c1-31-21-10-14(8-18(27)22(21)32-12-13-3-2-4-16(25)7-13)9-20-24(30)33-23(29-20)15-5-6-19(28)17(26)11-15/h2-11H,12H2,1H3/b20-9-. The highest BCUT2D eigenvalue weighted by Crippen LogP contribution is 2.38. The van der Waals surface area contributed by atoms with Crippen molar-refractivity contribution in [3.05, 3.63) is 94.0 Å². The van der Waals surface area contributed by atoms with Crippen LogP contribution in [0.15, 0.2) is 78.7 Å². The predicted molar refractivity (Wildman–Crippen MR) is 147 cm³/mol. The first-order valence-corrected chi connectivity index (χ1v) is 13.0. The molecule has 0 saturated carbocycles. The average molecular weight is 748 g/mol. The number of cyclic esters (lactones) is 1. The van der Waals surface area contributed by atoms with Gasteiger partial charge in [0.25, 0.3) is 0 Å². The summed E-state index contributed by atoms with van der Waals surface area (Å²) in [6.07, 6.45) is 1.66. The molecule has 0 aromatic heterocycles. The third-order valence-corrected chi connectivity index (χ3v) is 8.03. The maximum Gasteiger partial charge on any atom is 0.363 e. The molecule has 168 valence electrons. The number of nitrogens with zero attached hydrogens (tertiary/aromatic N) is 1. The van der Waals surface area contributed by atoms with Crippen molar-refractivity contribution in [2.24, 2.45) is 4.99 Å². The Morgan fingerprint density at radius 3 is 2.61 bits per heavy atom. The van der Waals surface area contributed by atoms with Gasteiger partial charge in [-0.2, -0.15) is 0 Å². The molecule has 1 aliphatic heterocycles. The van der Waals surface area contributed by atoms with Crippen molar-refractivity contribution in [2.45, 2.75) is 6.61 Å². The molecule has 0 spiro atoms. The molecule has 0 amide bonds. The smallest absolute Gasteiger partial charge is 0.363 e. The van der Waals surface area contributed by atoms with Gasteiger partial charge in [-0.15, -0.1) is 0 Å². The lowest BCUT2D eigenvalue weighted by molar-refractivity contribution is -0.129. The summed E-state index contributed by atoms with van der Waals surface area (Å²) >= 11 is 12.7. The van der Waals surface area contributed by atoms with Crippen LogP contribution in [0.4, 0.5) is 0 Å². The Kier molecular flexibility index (Phi) is 7.93. The lowest BCUT2D eigenvalue weighted by Crippen LogP contribution is -2.05. The van der Waals surface area contributed by atoms with E-state index in [0.29, 0.717) is 33.7 Å². The second-order valence-electron chi connectivity index (χ2n) is 6.92. The van der Waals surface area contributed by atoms with Crippen LogP contribution in [0, 0.1) is 3.57 Å². The Balaban J connectivity index is 1.59. The number of carbonyl (C=O) groups is 1. The fraction of sp³-hybridized carbons (Fsp3) is 0.0833. The zero-order valence-corrected chi connectivity index (χ0v) is 24.0. The largest absolute Gasteiger partial charge is 0.493 e. The molecule has 1 heterocycles. The highest BCUT2D eigenvalue weighted by Gasteiger charge is 2.25. The minimum absolute atomic E-state index is 0.205. The molecule has 0 N–H and O–H groups in total. The molecule has 0 atom stereocenters. The van der Waals surface area contributed by atoms with Gasteiger partial charge in [-0.05, 0) is 114 Å². The molecule has 1 aliphatic rings. The molecule has 3 aromatic rings. The Bertz CT molecular complexity index is 1310. The number of rotatable bonds is 6. The number of esters is 1. The zero-order chi connectivity index (χ0) is 23.5. The van der Waals surface area contributed by atoms with Gasteiger partial charge in [0.15, 0.2) is 17.2 Å². The van der Waals surface area contributed by atoms with Gasteiger partial charge in [-0.25, -0.2) is 9.79 Å². The zero-order valence-electron chi connectivity index (χ0n) is 17.1. The first-order chi connectivity index (χ1) is 15.8. The Labute approximate surface area is 229 Å². The Morgan fingerprint density at radius 2 is 1.88 bits per heavy atom. The molecule has 5 nitrogen and oxygen atoms in total. The maximum atomic E-state index is 12.4. The summed E-state index contributed by atoms with van der Waals surface area (Å²) in [6, 6.07) is 17.2. The monoisotopic (exact) mass is 745 g/mol. The first kappa shape index (κ1) is 24.4. The second kappa shape index (κ2) is 10.7. The molecular weight excluding hydrogens is 733 g/mol. The van der Waals surface area contributed by atoms with E-state index in [4.69, 9.17) is 14.2 Å². The minimum atomic E-state index is -0.509. The first-order valence-electron chi connectivity index (χ1n) is 9.57. The van der Waals surface area contributed by atoms with Crippen LogP contribution in [0.5, 0.6) is 11.5 Å². The van der Waals surface area contributed by atoms with Gasteiger partial charge in [0.2, 0.25) is 5.90 Å². The van der Waals surface area contributed by atoms with Crippen LogP contribution in [0.25, 0.3) is 6.08 Å². The highest BCUT2D eigenvalue weighted by molar-refractivity contribution is 14.1. The fourth-order valence-corrected chi connectivity index (χ4v) is 4.80. The van der Waals surface area contributed by atoms with Crippen LogP contribution in [0.2, 0.25) is 0 Å². The topological polar surface area (TPSA) is 57.1 Å². The summed E-state index contributed by atoms with van der Waals surface area (Å²) in [5.74, 6) is 0.859. The quantitative estimate of drug-likeness (QED) is 0.149. The summed E-state index contributed by atoms with van der Waals surface area (Å²) in [5.41, 5.74) is 2.65. The van der Waals surface area contributed by atoms with Crippen molar-refractivity contribution in [3.8, 4) is 11.5 Å². The molecule has 0 aliphatic carbocycles. The molecular formula is C24H15Br3INO4. The number of hydrogen-bond acceptors (Lipinski definition) is 5. The molecule has 4 rings (SSSR count). The van der Waals surface area contributed by atoms with E-state index in [1.807, 2.05) is 48.5 Å². The second-order valence-corrected chi connectivity index (χ2v) is 10.7. The third-order valence-electron chi connectivity index (χ3n) is 4.61. The minimum Gasteiger partial charge on any atom is -0.493 e. The van der Waals surface area contributed by atoms with Gasteiger partial charge < -0.3 is 14.2 Å². The van der Waals surface area contributed by atoms with E-state index in [9.17, 15) is 4.79 Å². The van der Waals surface area contributed by atoms with Crippen molar-refractivity contribution in [1.29, 1.82) is 0 Å². The number of halogens is 4. The molecule has 0 fully saturated rings. The van der Waals surface area contributed by atoms with Gasteiger partial charge in [-0.3, -0.25) is 0 Å². The normalized spacial score (nSPS) is 14.3. The highest BCUT2D eigenvalue weighted by atomic mass is 127. The predicted octanol–water partition coefficient (Wildman–Crippen LogP) is 7.51. The molecule has 3 aromatic carbocycles. The van der Waals surface area contributed by atoms with E-state index in [1.54, 1.807) is 19.3 Å². The average Bonchev–Trinajstić information content (AvgIpc) is 3.14. The van der Waals surface area contributed by atoms with Crippen molar-refractivity contribution in [3.63, 3.8) is 0 Å². The molecule has 0 radical (unpaired) electrons. The van der Waals surface area contributed by atoms with Crippen LogP contribution in [0.1, 0.15) is 16.7 Å². The summed E-state index contributed by atoms with van der Waals surface area (Å²) < 4.78 is 20.6. The van der Waals surface area contributed by atoms with E-state index in [-0.39, 0.29) is 11.6 Å². The number of ether oxygens (including phenoxy) is 3. The van der Waals surface area contributed by atoms with Gasteiger partial charge >= 0.3 is 5.97 Å². The van der Waals surface area contributed by atoms with E-state index in [1.165, 1.54) is 0 Å². The van der Waals surface area contributed by atoms with Crippen molar-refractivity contribution < 1.29 is 19.0 Å². The molecule has 0 unspecified atom stereocenters. The van der Waals surface area contributed by atoms with Crippen LogP contribution in [0.3, 0.4) is 0 Å². The van der Waals surface area contributed by atoms with Crippen molar-refractivity contribution in [1.82, 2.24) is 0 Å². The van der Waals surface area contributed by atoms with Crippen LogP contribution >= 0.6 is 70.4 Å². The fourth-order valence-electron chi connectivity index (χ4n) is 3.07. The van der Waals surface area contributed by atoms with Gasteiger partial charge in [0.05, 0.1) is 11.6 Å². The molecule has 33 heavy (non-hydrogen) atoms. The summed E-state index contributed by atoms with van der Waals surface area (Å²) in [5, 5.41) is 0. The number of benzene rings is 3. The maximum absolute atomic E-state index is 12.4. The number of carbonyl (C=O) groups excluding carboxylic acids is 1. The van der Waals surface area contributed by atoms with E-state index < -0.39 is 5.97 Å². The lowest BCUT2D eigenvalue weighted by Gasteiger charge is -2.14. The van der Waals surface area contributed by atoms with Crippen molar-refractivity contribution in [2.75, 3.05) is 7.11 Å². The van der Waals surface area contributed by atoms with Crippen LogP contribution in [-0.4, -0.2) is 19.0 Å². The van der Waals surface area contributed by atoms with E-state index in [2.05, 4.69) is 75.4 Å². The summed E-state index contributed by atoms with van der Waals surface area (Å²) in [6.45, 7) is 0.375. The number of aliphatic imine (C=N–C) groups is 1. The van der Waals surface area contributed by atoms with Gasteiger partial charge in [-0.1, -0.05) is 28.1 Å². The number of methoxy groups -OCH3 is 1. The Hall–Kier alpha value is -1.69. The SMILES string of the molecule is COc1cc(/C=C2\N=C(c3ccc(I)c(Br)c3)OC2=O)cc(Br)c1OCc1cccc(Br)c1. The van der Waals surface area contributed by atoms with Crippen LogP contribution < -0.4 is 9.47 Å². The Morgan fingerprint density at radius 1 is 1.06 bits per heavy atom.